The Morgan fingerprint density at radius 2 is 1.77 bits per heavy atom. The zero-order valence-electron chi connectivity index (χ0n) is 12.0. The van der Waals surface area contributed by atoms with Gasteiger partial charge in [-0.3, -0.25) is 14.4 Å². The number of nitrogens with one attached hydrogen (secondary N) is 2. The van der Waals surface area contributed by atoms with E-state index in [-0.39, 0.29) is 11.3 Å². The number of hydrogen-bond acceptors (Lipinski definition) is 3. The minimum absolute atomic E-state index is 0.151. The van der Waals surface area contributed by atoms with Crippen molar-refractivity contribution in [3.05, 3.63) is 34.9 Å². The first-order chi connectivity index (χ1) is 10.1. The van der Waals surface area contributed by atoms with E-state index in [1.165, 1.54) is 25.1 Å². The Morgan fingerprint density at radius 3 is 2.27 bits per heavy atom. The summed E-state index contributed by atoms with van der Waals surface area (Å²) in [5, 5.41) is 3.87. The van der Waals surface area contributed by atoms with E-state index in [0.717, 1.165) is 0 Å². The molecule has 2 N–H and O–H groups in total. The lowest BCUT2D eigenvalue weighted by molar-refractivity contribution is -0.137. The van der Waals surface area contributed by atoms with E-state index in [4.69, 9.17) is 0 Å². The van der Waals surface area contributed by atoms with Gasteiger partial charge in [-0.25, -0.2) is 0 Å². The SMILES string of the molecule is CC(=O)c1ccc(C(=O)NCC(=O)NCC(F)(F)F)c(C)c1. The second kappa shape index (κ2) is 7.06. The molecule has 0 aliphatic heterocycles. The van der Waals surface area contributed by atoms with Gasteiger partial charge in [-0.05, 0) is 31.5 Å². The number of halogens is 3. The molecule has 1 aromatic rings. The predicted octanol–water partition coefficient (Wildman–Crippen LogP) is 1.61. The molecule has 1 aromatic carbocycles. The molecule has 0 atom stereocenters. The van der Waals surface area contributed by atoms with Crippen LogP contribution in [0.4, 0.5) is 13.2 Å². The molecule has 0 unspecified atom stereocenters. The van der Waals surface area contributed by atoms with Crippen LogP contribution in [0.5, 0.6) is 0 Å². The largest absolute Gasteiger partial charge is 0.405 e. The summed E-state index contributed by atoms with van der Waals surface area (Å²) in [4.78, 5) is 34.2. The Kier molecular flexibility index (Phi) is 5.67. The van der Waals surface area contributed by atoms with Crippen molar-refractivity contribution in [3.63, 3.8) is 0 Å². The molecule has 8 heteroatoms. The number of carbonyl (C=O) groups is 3. The Balaban J connectivity index is 2.59. The van der Waals surface area contributed by atoms with Gasteiger partial charge in [0.15, 0.2) is 5.78 Å². The van der Waals surface area contributed by atoms with Gasteiger partial charge in [-0.2, -0.15) is 13.2 Å². The molecule has 0 bridgehead atoms. The van der Waals surface area contributed by atoms with E-state index in [9.17, 15) is 27.6 Å². The predicted molar refractivity (Wildman–Crippen MR) is 72.6 cm³/mol. The Hall–Kier alpha value is -2.38. The number of carbonyl (C=O) groups excluding carboxylic acids is 3. The fourth-order valence-corrected chi connectivity index (χ4v) is 1.65. The third-order valence-electron chi connectivity index (χ3n) is 2.77. The smallest absolute Gasteiger partial charge is 0.345 e. The lowest BCUT2D eigenvalue weighted by Crippen LogP contribution is -2.41. The van der Waals surface area contributed by atoms with Crippen molar-refractivity contribution in [2.24, 2.45) is 0 Å². The number of ketones is 1. The molecule has 0 fully saturated rings. The Morgan fingerprint density at radius 1 is 1.14 bits per heavy atom. The van der Waals surface area contributed by atoms with E-state index in [1.54, 1.807) is 12.2 Å². The molecule has 0 saturated heterocycles. The van der Waals surface area contributed by atoms with Crippen LogP contribution in [0.15, 0.2) is 18.2 Å². The van der Waals surface area contributed by atoms with Crippen LogP contribution in [0.25, 0.3) is 0 Å². The zero-order chi connectivity index (χ0) is 16.9. The fraction of sp³-hybridized carbons (Fsp3) is 0.357. The van der Waals surface area contributed by atoms with Gasteiger partial charge >= 0.3 is 6.18 Å². The van der Waals surface area contributed by atoms with Crippen molar-refractivity contribution >= 4 is 17.6 Å². The number of benzene rings is 1. The highest BCUT2D eigenvalue weighted by Gasteiger charge is 2.27. The maximum atomic E-state index is 11.9. The first kappa shape index (κ1) is 17.7. The molecule has 0 aliphatic carbocycles. The summed E-state index contributed by atoms with van der Waals surface area (Å²) in [6, 6.07) is 4.42. The number of alkyl halides is 3. The summed E-state index contributed by atoms with van der Waals surface area (Å²) < 4.78 is 35.7. The summed E-state index contributed by atoms with van der Waals surface area (Å²) in [6.07, 6.45) is -4.50. The lowest BCUT2D eigenvalue weighted by Gasteiger charge is -2.10. The van der Waals surface area contributed by atoms with Crippen LogP contribution in [-0.2, 0) is 4.79 Å². The van der Waals surface area contributed by atoms with Crippen LogP contribution in [0, 0.1) is 6.92 Å². The van der Waals surface area contributed by atoms with Crippen LogP contribution >= 0.6 is 0 Å². The highest BCUT2D eigenvalue weighted by molar-refractivity contribution is 6.00. The minimum Gasteiger partial charge on any atom is -0.345 e. The number of amides is 2. The molecule has 0 aromatic heterocycles. The van der Waals surface area contributed by atoms with Gasteiger partial charge in [-0.1, -0.05) is 6.07 Å². The number of rotatable bonds is 5. The summed E-state index contributed by atoms with van der Waals surface area (Å²) in [5.74, 6) is -1.69. The molecule has 5 nitrogen and oxygen atoms in total. The maximum Gasteiger partial charge on any atom is 0.405 e. The molecule has 22 heavy (non-hydrogen) atoms. The molecule has 0 heterocycles. The highest BCUT2D eigenvalue weighted by atomic mass is 19.4. The van der Waals surface area contributed by atoms with E-state index in [1.807, 2.05) is 0 Å². The van der Waals surface area contributed by atoms with Gasteiger partial charge in [0, 0.05) is 11.1 Å². The topological polar surface area (TPSA) is 75.3 Å². The van der Waals surface area contributed by atoms with Crippen molar-refractivity contribution in [1.82, 2.24) is 10.6 Å². The third kappa shape index (κ3) is 5.55. The van der Waals surface area contributed by atoms with Crippen molar-refractivity contribution < 1.29 is 27.6 Å². The first-order valence-electron chi connectivity index (χ1n) is 6.33. The van der Waals surface area contributed by atoms with E-state index in [0.29, 0.717) is 11.1 Å². The van der Waals surface area contributed by atoms with Gasteiger partial charge in [0.2, 0.25) is 5.91 Å². The van der Waals surface area contributed by atoms with Crippen LogP contribution in [0.2, 0.25) is 0 Å². The highest BCUT2D eigenvalue weighted by Crippen LogP contribution is 2.12. The van der Waals surface area contributed by atoms with Crippen LogP contribution in [-0.4, -0.2) is 36.9 Å². The van der Waals surface area contributed by atoms with Crippen molar-refractivity contribution in [2.75, 3.05) is 13.1 Å². The molecular formula is C14H15F3N2O3. The molecular weight excluding hydrogens is 301 g/mol. The van der Waals surface area contributed by atoms with Crippen molar-refractivity contribution in [2.45, 2.75) is 20.0 Å². The quantitative estimate of drug-likeness (QED) is 0.810. The van der Waals surface area contributed by atoms with Crippen LogP contribution in [0.1, 0.15) is 33.2 Å². The summed E-state index contributed by atoms with van der Waals surface area (Å²) in [7, 11) is 0. The average molecular weight is 316 g/mol. The van der Waals surface area contributed by atoms with E-state index in [2.05, 4.69) is 5.32 Å². The molecule has 0 aliphatic rings. The maximum absolute atomic E-state index is 11.9. The van der Waals surface area contributed by atoms with Gasteiger partial charge < -0.3 is 10.6 Å². The average Bonchev–Trinajstić information content (AvgIpc) is 2.41. The summed E-state index contributed by atoms with van der Waals surface area (Å²) >= 11 is 0. The van der Waals surface area contributed by atoms with E-state index >= 15 is 0 Å². The molecule has 120 valence electrons. The number of hydrogen-bond donors (Lipinski definition) is 2. The van der Waals surface area contributed by atoms with Gasteiger partial charge in [0.05, 0.1) is 6.54 Å². The van der Waals surface area contributed by atoms with E-state index < -0.39 is 31.1 Å². The van der Waals surface area contributed by atoms with Crippen molar-refractivity contribution in [3.8, 4) is 0 Å². The van der Waals surface area contributed by atoms with Gasteiger partial charge in [0.1, 0.15) is 6.54 Å². The zero-order valence-corrected chi connectivity index (χ0v) is 12.0. The molecule has 0 radical (unpaired) electrons. The van der Waals surface area contributed by atoms with Crippen LogP contribution in [0.3, 0.4) is 0 Å². The minimum atomic E-state index is -4.50. The molecule has 0 spiro atoms. The normalized spacial score (nSPS) is 11.0. The van der Waals surface area contributed by atoms with Gasteiger partial charge in [-0.15, -0.1) is 0 Å². The monoisotopic (exact) mass is 316 g/mol. The van der Waals surface area contributed by atoms with Crippen LogP contribution < -0.4 is 10.6 Å². The molecule has 2 amide bonds. The number of aryl methyl sites for hydroxylation is 1. The fourth-order valence-electron chi connectivity index (χ4n) is 1.65. The molecule has 1 rings (SSSR count). The lowest BCUT2D eigenvalue weighted by atomic mass is 10.0. The second-order valence-electron chi connectivity index (χ2n) is 4.66. The Labute approximate surface area is 124 Å². The summed E-state index contributed by atoms with van der Waals surface area (Å²) in [5.41, 5.74) is 1.21. The summed E-state index contributed by atoms with van der Waals surface area (Å²) in [6.45, 7) is 0.988. The second-order valence-corrected chi connectivity index (χ2v) is 4.66. The third-order valence-corrected chi connectivity index (χ3v) is 2.77. The van der Waals surface area contributed by atoms with Gasteiger partial charge in [0.25, 0.3) is 5.91 Å². The number of Topliss-reactive ketones (excluding diaryl/α,β-unsaturated/α-hetero) is 1. The first-order valence-corrected chi connectivity index (χ1v) is 6.33. The molecule has 0 saturated carbocycles. The standard InChI is InChI=1S/C14H15F3N2O3/c1-8-5-10(9(2)20)3-4-11(8)13(22)18-6-12(21)19-7-14(15,16)17/h3-5H,6-7H2,1-2H3,(H,18,22)(H,19,21). The van der Waals surface area contributed by atoms with Crippen molar-refractivity contribution in [1.29, 1.82) is 0 Å². The Bertz CT molecular complexity index is 597.